The van der Waals surface area contributed by atoms with Gasteiger partial charge in [-0.05, 0) is 48.4 Å². The SMILES string of the molecule is CNc1cccc(N(C)Cc2cc(Br)ccc2C)c1. The first-order valence-electron chi connectivity index (χ1n) is 6.34. The normalized spacial score (nSPS) is 10.3. The van der Waals surface area contributed by atoms with Crippen LogP contribution in [0.1, 0.15) is 11.1 Å². The fourth-order valence-corrected chi connectivity index (χ4v) is 2.46. The van der Waals surface area contributed by atoms with Crippen molar-refractivity contribution in [2.75, 3.05) is 24.3 Å². The second-order valence-electron chi connectivity index (χ2n) is 4.73. The van der Waals surface area contributed by atoms with E-state index in [4.69, 9.17) is 0 Å². The highest BCUT2D eigenvalue weighted by molar-refractivity contribution is 9.10. The number of nitrogens with one attached hydrogen (secondary N) is 1. The molecule has 0 aliphatic heterocycles. The van der Waals surface area contributed by atoms with E-state index in [1.165, 1.54) is 16.8 Å². The predicted octanol–water partition coefficient (Wildman–Crippen LogP) is 4.44. The monoisotopic (exact) mass is 318 g/mol. The predicted molar refractivity (Wildman–Crippen MR) is 87.0 cm³/mol. The van der Waals surface area contributed by atoms with Gasteiger partial charge in [0, 0.05) is 36.5 Å². The Labute approximate surface area is 123 Å². The fourth-order valence-electron chi connectivity index (χ4n) is 2.06. The average Bonchev–Trinajstić information content (AvgIpc) is 2.43. The molecule has 0 radical (unpaired) electrons. The van der Waals surface area contributed by atoms with Gasteiger partial charge in [0.25, 0.3) is 0 Å². The van der Waals surface area contributed by atoms with Crippen LogP contribution in [0.4, 0.5) is 11.4 Å². The molecule has 0 heterocycles. The van der Waals surface area contributed by atoms with Crippen LogP contribution in [0.5, 0.6) is 0 Å². The zero-order valence-corrected chi connectivity index (χ0v) is 13.2. The van der Waals surface area contributed by atoms with Gasteiger partial charge in [0.2, 0.25) is 0 Å². The molecule has 2 rings (SSSR count). The third-order valence-corrected chi connectivity index (χ3v) is 3.79. The quantitative estimate of drug-likeness (QED) is 0.896. The van der Waals surface area contributed by atoms with Gasteiger partial charge < -0.3 is 10.2 Å². The summed E-state index contributed by atoms with van der Waals surface area (Å²) < 4.78 is 1.13. The highest BCUT2D eigenvalue weighted by atomic mass is 79.9. The molecule has 2 aromatic rings. The number of aryl methyl sites for hydroxylation is 1. The summed E-state index contributed by atoms with van der Waals surface area (Å²) in [6.07, 6.45) is 0. The molecule has 0 saturated heterocycles. The van der Waals surface area contributed by atoms with Gasteiger partial charge in [0.05, 0.1) is 0 Å². The molecule has 19 heavy (non-hydrogen) atoms. The van der Waals surface area contributed by atoms with Crippen LogP contribution in [0.25, 0.3) is 0 Å². The Morgan fingerprint density at radius 2 is 1.95 bits per heavy atom. The first kappa shape index (κ1) is 13.9. The molecule has 0 aromatic heterocycles. The van der Waals surface area contributed by atoms with E-state index >= 15 is 0 Å². The molecule has 0 amide bonds. The molecule has 0 bridgehead atoms. The van der Waals surface area contributed by atoms with E-state index in [1.807, 2.05) is 7.05 Å². The van der Waals surface area contributed by atoms with E-state index in [-0.39, 0.29) is 0 Å². The van der Waals surface area contributed by atoms with Crippen molar-refractivity contribution < 1.29 is 0 Å². The van der Waals surface area contributed by atoms with Crippen molar-refractivity contribution in [1.29, 1.82) is 0 Å². The number of rotatable bonds is 4. The summed E-state index contributed by atoms with van der Waals surface area (Å²) in [5.74, 6) is 0. The molecule has 1 N–H and O–H groups in total. The van der Waals surface area contributed by atoms with Crippen molar-refractivity contribution in [2.45, 2.75) is 13.5 Å². The number of nitrogens with zero attached hydrogens (tertiary/aromatic N) is 1. The maximum Gasteiger partial charge on any atom is 0.0429 e. The van der Waals surface area contributed by atoms with Crippen molar-refractivity contribution in [1.82, 2.24) is 0 Å². The Morgan fingerprint density at radius 1 is 1.16 bits per heavy atom. The van der Waals surface area contributed by atoms with Crippen LogP contribution in [0.3, 0.4) is 0 Å². The molecule has 0 saturated carbocycles. The Morgan fingerprint density at radius 3 is 2.68 bits per heavy atom. The maximum absolute atomic E-state index is 3.54. The third kappa shape index (κ3) is 3.51. The smallest absolute Gasteiger partial charge is 0.0429 e. The first-order chi connectivity index (χ1) is 9.10. The summed E-state index contributed by atoms with van der Waals surface area (Å²) in [6.45, 7) is 3.05. The fraction of sp³-hybridized carbons (Fsp3) is 0.250. The minimum atomic E-state index is 0.901. The van der Waals surface area contributed by atoms with Crippen LogP contribution in [-0.4, -0.2) is 14.1 Å². The Kier molecular flexibility index (Phi) is 4.48. The zero-order valence-electron chi connectivity index (χ0n) is 11.6. The Hall–Kier alpha value is -1.48. The van der Waals surface area contributed by atoms with E-state index in [0.29, 0.717) is 0 Å². The Balaban J connectivity index is 2.20. The van der Waals surface area contributed by atoms with Crippen LogP contribution in [0, 0.1) is 6.92 Å². The van der Waals surface area contributed by atoms with Crippen LogP contribution < -0.4 is 10.2 Å². The molecular weight excluding hydrogens is 300 g/mol. The summed E-state index contributed by atoms with van der Waals surface area (Å²) in [5.41, 5.74) is 5.01. The van der Waals surface area contributed by atoms with Crippen LogP contribution in [0.15, 0.2) is 46.9 Å². The highest BCUT2D eigenvalue weighted by Gasteiger charge is 2.05. The summed E-state index contributed by atoms with van der Waals surface area (Å²) in [5, 5.41) is 3.17. The molecule has 0 fully saturated rings. The van der Waals surface area contributed by atoms with E-state index in [9.17, 15) is 0 Å². The molecule has 0 atom stereocenters. The van der Waals surface area contributed by atoms with Gasteiger partial charge in [0.15, 0.2) is 0 Å². The second kappa shape index (κ2) is 6.11. The molecule has 0 unspecified atom stereocenters. The molecular formula is C16H19BrN2. The maximum atomic E-state index is 3.54. The van der Waals surface area contributed by atoms with E-state index in [0.717, 1.165) is 16.7 Å². The van der Waals surface area contributed by atoms with Crippen molar-refractivity contribution in [3.63, 3.8) is 0 Å². The minimum absolute atomic E-state index is 0.901. The molecule has 0 aliphatic rings. The van der Waals surface area contributed by atoms with E-state index in [2.05, 4.69) is 82.6 Å². The number of benzene rings is 2. The molecule has 3 heteroatoms. The summed E-state index contributed by atoms with van der Waals surface area (Å²) in [4.78, 5) is 2.26. The lowest BCUT2D eigenvalue weighted by Crippen LogP contribution is -2.17. The number of hydrogen-bond acceptors (Lipinski definition) is 2. The molecule has 0 spiro atoms. The molecule has 2 nitrogen and oxygen atoms in total. The van der Waals surface area contributed by atoms with Crippen molar-refractivity contribution in [3.8, 4) is 0 Å². The van der Waals surface area contributed by atoms with Gasteiger partial charge in [-0.15, -0.1) is 0 Å². The van der Waals surface area contributed by atoms with E-state index < -0.39 is 0 Å². The van der Waals surface area contributed by atoms with Crippen LogP contribution >= 0.6 is 15.9 Å². The van der Waals surface area contributed by atoms with Crippen molar-refractivity contribution in [2.24, 2.45) is 0 Å². The lowest BCUT2D eigenvalue weighted by Gasteiger charge is -2.21. The summed E-state index contributed by atoms with van der Waals surface area (Å²) >= 11 is 3.54. The minimum Gasteiger partial charge on any atom is -0.388 e. The van der Waals surface area contributed by atoms with Gasteiger partial charge in [-0.2, -0.15) is 0 Å². The van der Waals surface area contributed by atoms with Crippen LogP contribution in [0.2, 0.25) is 0 Å². The topological polar surface area (TPSA) is 15.3 Å². The van der Waals surface area contributed by atoms with Crippen molar-refractivity contribution in [3.05, 3.63) is 58.1 Å². The summed E-state index contributed by atoms with van der Waals surface area (Å²) in [6, 6.07) is 14.9. The average molecular weight is 319 g/mol. The molecule has 0 aliphatic carbocycles. The lowest BCUT2D eigenvalue weighted by atomic mass is 10.1. The number of halogens is 1. The number of hydrogen-bond donors (Lipinski definition) is 1. The largest absolute Gasteiger partial charge is 0.388 e. The molecule has 2 aromatic carbocycles. The van der Waals surface area contributed by atoms with Gasteiger partial charge in [0.1, 0.15) is 0 Å². The van der Waals surface area contributed by atoms with Gasteiger partial charge >= 0.3 is 0 Å². The van der Waals surface area contributed by atoms with Crippen molar-refractivity contribution >= 4 is 27.3 Å². The zero-order chi connectivity index (χ0) is 13.8. The third-order valence-electron chi connectivity index (χ3n) is 3.29. The second-order valence-corrected chi connectivity index (χ2v) is 5.64. The first-order valence-corrected chi connectivity index (χ1v) is 7.13. The lowest BCUT2D eigenvalue weighted by molar-refractivity contribution is 0.913. The number of anilines is 2. The summed E-state index contributed by atoms with van der Waals surface area (Å²) in [7, 11) is 4.06. The van der Waals surface area contributed by atoms with E-state index in [1.54, 1.807) is 0 Å². The Bertz CT molecular complexity index is 566. The van der Waals surface area contributed by atoms with Gasteiger partial charge in [-0.1, -0.05) is 28.1 Å². The van der Waals surface area contributed by atoms with Crippen LogP contribution in [-0.2, 0) is 6.54 Å². The standard InChI is InChI=1S/C16H19BrN2/c1-12-7-8-14(17)9-13(12)11-19(3)16-6-4-5-15(10-16)18-2/h4-10,18H,11H2,1-3H3. The van der Waals surface area contributed by atoms with Gasteiger partial charge in [-0.3, -0.25) is 0 Å². The van der Waals surface area contributed by atoms with Gasteiger partial charge in [-0.25, -0.2) is 0 Å². The highest BCUT2D eigenvalue weighted by Crippen LogP contribution is 2.22. The molecule has 100 valence electrons.